The summed E-state index contributed by atoms with van der Waals surface area (Å²) in [5.41, 5.74) is 0.930. The molecule has 2 N–H and O–H groups in total. The summed E-state index contributed by atoms with van der Waals surface area (Å²) >= 11 is 0. The molecule has 0 radical (unpaired) electrons. The van der Waals surface area contributed by atoms with Crippen LogP contribution in [0.5, 0.6) is 0 Å². The van der Waals surface area contributed by atoms with Gasteiger partial charge in [0.25, 0.3) is 5.91 Å². The number of halogens is 1. The van der Waals surface area contributed by atoms with E-state index in [0.717, 1.165) is 31.5 Å². The zero-order valence-corrected chi connectivity index (χ0v) is 15.5. The maximum atomic E-state index is 12.5. The summed E-state index contributed by atoms with van der Waals surface area (Å²) in [6, 6.07) is 7.15. The average Bonchev–Trinajstić information content (AvgIpc) is 3.07. The van der Waals surface area contributed by atoms with E-state index < -0.39 is 5.54 Å². The van der Waals surface area contributed by atoms with Gasteiger partial charge in [0.05, 0.1) is 5.54 Å². The van der Waals surface area contributed by atoms with Crippen molar-refractivity contribution >= 4 is 29.9 Å². The van der Waals surface area contributed by atoms with Crippen molar-refractivity contribution in [2.45, 2.75) is 45.6 Å². The molecule has 1 atom stereocenters. The first-order valence-corrected chi connectivity index (χ1v) is 8.52. The van der Waals surface area contributed by atoms with Gasteiger partial charge in [0.2, 0.25) is 5.91 Å². The molecule has 1 unspecified atom stereocenters. The summed E-state index contributed by atoms with van der Waals surface area (Å²) < 4.78 is 0. The lowest BCUT2D eigenvalue weighted by molar-refractivity contribution is -0.122. The van der Waals surface area contributed by atoms with Gasteiger partial charge in [-0.3, -0.25) is 9.59 Å². The molecule has 0 aliphatic carbocycles. The van der Waals surface area contributed by atoms with Gasteiger partial charge in [-0.25, -0.2) is 0 Å². The van der Waals surface area contributed by atoms with Gasteiger partial charge >= 0.3 is 0 Å². The van der Waals surface area contributed by atoms with E-state index in [1.807, 2.05) is 20.8 Å². The van der Waals surface area contributed by atoms with Crippen molar-refractivity contribution in [3.05, 3.63) is 29.8 Å². The Hall–Kier alpha value is -1.59. The summed E-state index contributed by atoms with van der Waals surface area (Å²) in [5.74, 6) is 0.0377. The minimum atomic E-state index is -0.449. The smallest absolute Gasteiger partial charge is 0.253 e. The molecule has 134 valence electrons. The number of carbonyl (C=O) groups is 2. The van der Waals surface area contributed by atoms with Crippen molar-refractivity contribution < 1.29 is 9.59 Å². The molecule has 0 bridgehead atoms. The van der Waals surface area contributed by atoms with E-state index in [9.17, 15) is 9.59 Å². The summed E-state index contributed by atoms with van der Waals surface area (Å²) in [4.78, 5) is 26.6. The maximum Gasteiger partial charge on any atom is 0.253 e. The number of benzene rings is 1. The predicted molar refractivity (Wildman–Crippen MR) is 99.8 cm³/mol. The van der Waals surface area contributed by atoms with Gasteiger partial charge in [0.15, 0.2) is 0 Å². The standard InChI is InChI=1S/C18H27N3O2.ClH/c1-4-18(12-7-13-19-18)17(23)20-15-10-8-14(9-11-15)16(22)21(5-2)6-3;/h8-11,19H,4-7,12-13H2,1-3H3,(H,20,23);1H. The van der Waals surface area contributed by atoms with Crippen LogP contribution in [0.15, 0.2) is 24.3 Å². The van der Waals surface area contributed by atoms with Crippen molar-refractivity contribution in [3.8, 4) is 0 Å². The number of hydrogen-bond acceptors (Lipinski definition) is 3. The van der Waals surface area contributed by atoms with E-state index in [1.54, 1.807) is 29.2 Å². The molecule has 1 saturated heterocycles. The molecule has 2 amide bonds. The van der Waals surface area contributed by atoms with Crippen LogP contribution < -0.4 is 10.6 Å². The lowest BCUT2D eigenvalue weighted by atomic mass is 9.93. The van der Waals surface area contributed by atoms with Gasteiger partial charge in [-0.15, -0.1) is 12.4 Å². The van der Waals surface area contributed by atoms with Crippen molar-refractivity contribution in [2.75, 3.05) is 25.0 Å². The summed E-state index contributed by atoms with van der Waals surface area (Å²) in [5, 5.41) is 6.30. The molecule has 0 aromatic heterocycles. The van der Waals surface area contributed by atoms with Crippen LogP contribution in [-0.4, -0.2) is 41.9 Å². The third kappa shape index (κ3) is 4.28. The summed E-state index contributed by atoms with van der Waals surface area (Å²) in [6.07, 6.45) is 2.67. The number of hydrogen-bond donors (Lipinski definition) is 2. The first-order chi connectivity index (χ1) is 11.1. The van der Waals surface area contributed by atoms with Gasteiger partial charge < -0.3 is 15.5 Å². The fourth-order valence-corrected chi connectivity index (χ4v) is 3.10. The lowest BCUT2D eigenvalue weighted by Gasteiger charge is -2.26. The highest BCUT2D eigenvalue weighted by Gasteiger charge is 2.39. The molecular weight excluding hydrogens is 326 g/mol. The first-order valence-electron chi connectivity index (χ1n) is 8.52. The fourth-order valence-electron chi connectivity index (χ4n) is 3.10. The van der Waals surface area contributed by atoms with Crippen molar-refractivity contribution in [3.63, 3.8) is 0 Å². The largest absolute Gasteiger partial charge is 0.339 e. The molecule has 5 nitrogen and oxygen atoms in total. The monoisotopic (exact) mass is 353 g/mol. The number of anilines is 1. The number of rotatable bonds is 6. The van der Waals surface area contributed by atoms with Gasteiger partial charge in [-0.1, -0.05) is 6.92 Å². The van der Waals surface area contributed by atoms with Crippen molar-refractivity contribution in [2.24, 2.45) is 0 Å². The van der Waals surface area contributed by atoms with Crippen LogP contribution in [0.2, 0.25) is 0 Å². The van der Waals surface area contributed by atoms with E-state index in [-0.39, 0.29) is 24.2 Å². The molecule has 1 aromatic carbocycles. The summed E-state index contributed by atoms with van der Waals surface area (Å²) in [7, 11) is 0. The second-order valence-electron chi connectivity index (χ2n) is 5.97. The molecule has 1 aliphatic heterocycles. The highest BCUT2D eigenvalue weighted by atomic mass is 35.5. The summed E-state index contributed by atoms with van der Waals surface area (Å²) in [6.45, 7) is 8.24. The normalized spacial score (nSPS) is 19.5. The highest BCUT2D eigenvalue weighted by Crippen LogP contribution is 2.25. The quantitative estimate of drug-likeness (QED) is 0.826. The van der Waals surface area contributed by atoms with Gasteiger partial charge in [-0.2, -0.15) is 0 Å². The maximum absolute atomic E-state index is 12.5. The molecule has 1 aromatic rings. The third-order valence-corrected chi connectivity index (χ3v) is 4.72. The molecule has 24 heavy (non-hydrogen) atoms. The van der Waals surface area contributed by atoms with E-state index in [0.29, 0.717) is 18.7 Å². The molecule has 1 fully saturated rings. The van der Waals surface area contributed by atoms with Gasteiger partial charge in [0, 0.05) is 24.3 Å². The molecule has 6 heteroatoms. The Balaban J connectivity index is 0.00000288. The van der Waals surface area contributed by atoms with E-state index in [4.69, 9.17) is 0 Å². The Kier molecular flexibility index (Phi) is 7.70. The second-order valence-corrected chi connectivity index (χ2v) is 5.97. The molecule has 2 rings (SSSR count). The van der Waals surface area contributed by atoms with Crippen LogP contribution in [0.3, 0.4) is 0 Å². The Bertz CT molecular complexity index is 550. The topological polar surface area (TPSA) is 61.4 Å². The van der Waals surface area contributed by atoms with Crippen LogP contribution in [0.25, 0.3) is 0 Å². The van der Waals surface area contributed by atoms with E-state index in [1.165, 1.54) is 0 Å². The van der Waals surface area contributed by atoms with Crippen LogP contribution in [0.1, 0.15) is 50.4 Å². The Morgan fingerprint density at radius 3 is 2.25 bits per heavy atom. The molecular formula is C18H28ClN3O2. The van der Waals surface area contributed by atoms with E-state index >= 15 is 0 Å². The second kappa shape index (κ2) is 9.04. The minimum absolute atomic E-state index is 0. The zero-order valence-electron chi connectivity index (χ0n) is 14.7. The van der Waals surface area contributed by atoms with Crippen molar-refractivity contribution in [1.29, 1.82) is 0 Å². The molecule has 1 aliphatic rings. The predicted octanol–water partition coefficient (Wildman–Crippen LogP) is 3.06. The van der Waals surface area contributed by atoms with Crippen molar-refractivity contribution in [1.82, 2.24) is 10.2 Å². The SMILES string of the molecule is CCN(CC)C(=O)c1ccc(NC(=O)C2(CC)CCCN2)cc1.Cl. The average molecular weight is 354 g/mol. The molecule has 1 heterocycles. The number of carbonyl (C=O) groups excluding carboxylic acids is 2. The number of amides is 2. The molecule has 0 spiro atoms. The van der Waals surface area contributed by atoms with E-state index in [2.05, 4.69) is 10.6 Å². The Morgan fingerprint density at radius 2 is 1.79 bits per heavy atom. The van der Waals surface area contributed by atoms with Crippen LogP contribution >= 0.6 is 12.4 Å². The third-order valence-electron chi connectivity index (χ3n) is 4.72. The van der Waals surface area contributed by atoms with Gasteiger partial charge in [0.1, 0.15) is 0 Å². The van der Waals surface area contributed by atoms with Crippen LogP contribution in [0.4, 0.5) is 5.69 Å². The zero-order chi connectivity index (χ0) is 16.9. The number of nitrogens with one attached hydrogen (secondary N) is 2. The highest BCUT2D eigenvalue weighted by molar-refractivity contribution is 5.99. The Labute approximate surface area is 150 Å². The molecule has 0 saturated carbocycles. The van der Waals surface area contributed by atoms with Crippen LogP contribution in [0, 0.1) is 0 Å². The number of nitrogens with zero attached hydrogens (tertiary/aromatic N) is 1. The van der Waals surface area contributed by atoms with Crippen LogP contribution in [-0.2, 0) is 4.79 Å². The Morgan fingerprint density at radius 1 is 1.17 bits per heavy atom. The lowest BCUT2D eigenvalue weighted by Crippen LogP contribution is -2.50. The van der Waals surface area contributed by atoms with Gasteiger partial charge in [-0.05, 0) is 63.9 Å². The fraction of sp³-hybridized carbons (Fsp3) is 0.556. The minimum Gasteiger partial charge on any atom is -0.339 e. The first kappa shape index (κ1) is 20.5.